The number of pyridine rings is 1. The number of fused-ring (bicyclic) bond motifs is 1. The summed E-state index contributed by atoms with van der Waals surface area (Å²) in [6.07, 6.45) is 2.71. The molecule has 0 fully saturated rings. The van der Waals surface area contributed by atoms with Crippen LogP contribution in [0.4, 0.5) is 5.69 Å². The van der Waals surface area contributed by atoms with Crippen LogP contribution in [0, 0.1) is 0 Å². The van der Waals surface area contributed by atoms with Crippen molar-refractivity contribution in [1.29, 1.82) is 0 Å². The maximum Gasteiger partial charge on any atom is 0.0653 e. The highest BCUT2D eigenvalue weighted by Gasteiger charge is 2.10. The molecule has 0 spiro atoms. The Hall–Kier alpha value is -0.760. The topological polar surface area (TPSA) is 24.9 Å². The van der Waals surface area contributed by atoms with Gasteiger partial charge >= 0.3 is 0 Å². The Morgan fingerprint density at radius 2 is 2.50 bits per heavy atom. The summed E-state index contributed by atoms with van der Waals surface area (Å²) in [6, 6.07) is 1.91. The molecule has 3 heteroatoms. The van der Waals surface area contributed by atoms with Crippen molar-refractivity contribution in [3.63, 3.8) is 0 Å². The van der Waals surface area contributed by atoms with Crippen molar-refractivity contribution in [2.24, 2.45) is 0 Å². The molecule has 10 heavy (non-hydrogen) atoms. The van der Waals surface area contributed by atoms with Crippen LogP contribution in [0.5, 0.6) is 0 Å². The van der Waals surface area contributed by atoms with Crippen LogP contribution in [-0.4, -0.2) is 11.5 Å². The fraction of sp³-hybridized carbons (Fsp3) is 0.286. The number of hydrogen-bond donors (Lipinski definition) is 1. The van der Waals surface area contributed by atoms with Crippen LogP contribution >= 0.6 is 11.6 Å². The lowest BCUT2D eigenvalue weighted by Crippen LogP contribution is -1.90. The highest BCUT2D eigenvalue weighted by Crippen LogP contribution is 2.22. The van der Waals surface area contributed by atoms with Gasteiger partial charge in [0.25, 0.3) is 0 Å². The number of hydrogen-bond acceptors (Lipinski definition) is 2. The normalized spacial score (nSPS) is 14.5. The summed E-state index contributed by atoms with van der Waals surface area (Å²) in [5.41, 5.74) is 2.22. The summed E-state index contributed by atoms with van der Waals surface area (Å²) < 4.78 is 0. The molecule has 2 rings (SSSR count). The molecule has 0 aliphatic carbocycles. The van der Waals surface area contributed by atoms with Crippen molar-refractivity contribution in [3.05, 3.63) is 23.0 Å². The van der Waals surface area contributed by atoms with Gasteiger partial charge in [-0.1, -0.05) is 11.6 Å². The van der Waals surface area contributed by atoms with E-state index in [1.54, 1.807) is 6.20 Å². The summed E-state index contributed by atoms with van der Waals surface area (Å²) in [5, 5.41) is 3.90. The van der Waals surface area contributed by atoms with Crippen LogP contribution in [0.25, 0.3) is 0 Å². The van der Waals surface area contributed by atoms with Gasteiger partial charge < -0.3 is 5.32 Å². The second kappa shape index (κ2) is 2.13. The van der Waals surface area contributed by atoms with Gasteiger partial charge in [0.15, 0.2) is 0 Å². The van der Waals surface area contributed by atoms with Crippen molar-refractivity contribution >= 4 is 17.3 Å². The van der Waals surface area contributed by atoms with E-state index in [1.165, 1.54) is 0 Å². The second-order valence-electron chi connectivity index (χ2n) is 2.32. The molecule has 1 aromatic heterocycles. The minimum absolute atomic E-state index is 0.702. The Kier molecular flexibility index (Phi) is 1.27. The van der Waals surface area contributed by atoms with Crippen LogP contribution in [0.2, 0.25) is 5.02 Å². The summed E-state index contributed by atoms with van der Waals surface area (Å²) >= 11 is 5.72. The van der Waals surface area contributed by atoms with Gasteiger partial charge in [0.05, 0.1) is 16.4 Å². The average Bonchev–Trinajstić information content (AvgIpc) is 2.33. The monoisotopic (exact) mass is 154 g/mol. The Balaban J connectivity index is 2.52. The van der Waals surface area contributed by atoms with Gasteiger partial charge in [-0.25, -0.2) is 0 Å². The Labute approximate surface area is 64.2 Å². The molecule has 2 heterocycles. The zero-order valence-corrected chi connectivity index (χ0v) is 6.15. The maximum absolute atomic E-state index is 5.72. The van der Waals surface area contributed by atoms with Crippen LogP contribution in [0.1, 0.15) is 5.69 Å². The first-order valence-electron chi connectivity index (χ1n) is 3.24. The molecule has 0 amide bonds. The third-order valence-electron chi connectivity index (χ3n) is 1.61. The molecule has 0 aromatic carbocycles. The van der Waals surface area contributed by atoms with E-state index in [0.717, 1.165) is 24.3 Å². The zero-order valence-electron chi connectivity index (χ0n) is 5.39. The van der Waals surface area contributed by atoms with Crippen molar-refractivity contribution in [2.75, 3.05) is 11.9 Å². The molecule has 0 saturated heterocycles. The van der Waals surface area contributed by atoms with Gasteiger partial charge in [0, 0.05) is 19.2 Å². The smallest absolute Gasteiger partial charge is 0.0653 e. The zero-order chi connectivity index (χ0) is 6.97. The fourth-order valence-corrected chi connectivity index (χ4v) is 1.29. The van der Waals surface area contributed by atoms with Gasteiger partial charge in [-0.3, -0.25) is 4.98 Å². The Bertz CT molecular complexity index is 260. The molecule has 0 radical (unpaired) electrons. The number of aromatic nitrogens is 1. The summed E-state index contributed by atoms with van der Waals surface area (Å²) in [7, 11) is 0. The predicted molar refractivity (Wildman–Crippen MR) is 41.4 cm³/mol. The lowest BCUT2D eigenvalue weighted by atomic mass is 10.3. The lowest BCUT2D eigenvalue weighted by Gasteiger charge is -1.96. The van der Waals surface area contributed by atoms with Crippen LogP contribution in [0.3, 0.4) is 0 Å². The molecule has 0 saturated carbocycles. The van der Waals surface area contributed by atoms with Crippen molar-refractivity contribution in [3.8, 4) is 0 Å². The number of anilines is 1. The van der Waals surface area contributed by atoms with E-state index >= 15 is 0 Å². The van der Waals surface area contributed by atoms with Gasteiger partial charge in [-0.2, -0.15) is 0 Å². The van der Waals surface area contributed by atoms with E-state index in [4.69, 9.17) is 11.6 Å². The number of nitrogens with zero attached hydrogens (tertiary/aromatic N) is 1. The average molecular weight is 155 g/mol. The largest absolute Gasteiger partial charge is 0.383 e. The van der Waals surface area contributed by atoms with E-state index in [-0.39, 0.29) is 0 Å². The van der Waals surface area contributed by atoms with Crippen LogP contribution < -0.4 is 5.32 Å². The highest BCUT2D eigenvalue weighted by molar-refractivity contribution is 6.30. The number of nitrogens with one attached hydrogen (secondary N) is 1. The third kappa shape index (κ3) is 0.847. The SMILES string of the molecule is Clc1cnc2c(c1)NCC2. The Morgan fingerprint density at radius 1 is 1.60 bits per heavy atom. The standard InChI is InChI=1S/C7H7ClN2/c8-5-3-7-6(10-4-5)1-2-9-7/h3-4,9H,1-2H2. The van der Waals surface area contributed by atoms with E-state index in [9.17, 15) is 0 Å². The molecule has 0 unspecified atom stereocenters. The van der Waals surface area contributed by atoms with Crippen LogP contribution in [-0.2, 0) is 6.42 Å². The van der Waals surface area contributed by atoms with Gasteiger partial charge in [-0.05, 0) is 6.07 Å². The molecule has 1 N–H and O–H groups in total. The van der Waals surface area contributed by atoms with E-state index in [1.807, 2.05) is 6.07 Å². The molecule has 1 aromatic rings. The van der Waals surface area contributed by atoms with Crippen molar-refractivity contribution in [1.82, 2.24) is 4.98 Å². The van der Waals surface area contributed by atoms with Gasteiger partial charge in [-0.15, -0.1) is 0 Å². The quantitative estimate of drug-likeness (QED) is 0.616. The van der Waals surface area contributed by atoms with Crippen molar-refractivity contribution < 1.29 is 0 Å². The summed E-state index contributed by atoms with van der Waals surface area (Å²) in [5.74, 6) is 0. The van der Waals surface area contributed by atoms with E-state index in [0.29, 0.717) is 5.02 Å². The maximum atomic E-state index is 5.72. The molecule has 1 aliphatic heterocycles. The van der Waals surface area contributed by atoms with Gasteiger partial charge in [0.2, 0.25) is 0 Å². The highest BCUT2D eigenvalue weighted by atomic mass is 35.5. The minimum atomic E-state index is 0.702. The van der Waals surface area contributed by atoms with E-state index in [2.05, 4.69) is 10.3 Å². The number of rotatable bonds is 0. The molecule has 2 nitrogen and oxygen atoms in total. The molecular formula is C7H7ClN2. The van der Waals surface area contributed by atoms with Gasteiger partial charge in [0.1, 0.15) is 0 Å². The first kappa shape index (κ1) is 5.98. The fourth-order valence-electron chi connectivity index (χ4n) is 1.14. The first-order chi connectivity index (χ1) is 4.86. The molecule has 0 bridgehead atoms. The van der Waals surface area contributed by atoms with Crippen LogP contribution in [0.15, 0.2) is 12.3 Å². The van der Waals surface area contributed by atoms with E-state index < -0.39 is 0 Å². The first-order valence-corrected chi connectivity index (χ1v) is 3.62. The molecule has 1 aliphatic rings. The predicted octanol–water partition coefficient (Wildman–Crippen LogP) is 1.70. The second-order valence-corrected chi connectivity index (χ2v) is 2.76. The van der Waals surface area contributed by atoms with Crippen molar-refractivity contribution in [2.45, 2.75) is 6.42 Å². The third-order valence-corrected chi connectivity index (χ3v) is 1.82. The lowest BCUT2D eigenvalue weighted by molar-refractivity contribution is 1.04. The summed E-state index contributed by atoms with van der Waals surface area (Å²) in [4.78, 5) is 4.16. The Morgan fingerprint density at radius 3 is 3.40 bits per heavy atom. The molecular weight excluding hydrogens is 148 g/mol. The molecule has 52 valence electrons. The number of halogens is 1. The summed E-state index contributed by atoms with van der Waals surface area (Å²) in [6.45, 7) is 0.989. The minimum Gasteiger partial charge on any atom is -0.383 e. The molecule has 0 atom stereocenters.